The number of halogens is 3. The van der Waals surface area contributed by atoms with Gasteiger partial charge in [0.25, 0.3) is 0 Å². The lowest BCUT2D eigenvalue weighted by Crippen LogP contribution is -2.17. The summed E-state index contributed by atoms with van der Waals surface area (Å²) < 4.78 is 43.0. The van der Waals surface area contributed by atoms with Crippen LogP contribution in [-0.4, -0.2) is 26.5 Å². The third-order valence-electron chi connectivity index (χ3n) is 6.47. The van der Waals surface area contributed by atoms with Gasteiger partial charge >= 0.3 is 6.18 Å². The third-order valence-corrected chi connectivity index (χ3v) is 6.47. The molecule has 2 aliphatic rings. The number of anilines is 2. The fraction of sp³-hybridized carbons (Fsp3) is 0.192. The lowest BCUT2D eigenvalue weighted by Gasteiger charge is -2.24. The fourth-order valence-corrected chi connectivity index (χ4v) is 4.76. The minimum absolute atomic E-state index is 0.00732. The van der Waals surface area contributed by atoms with Crippen LogP contribution in [0.25, 0.3) is 28.5 Å². The van der Waals surface area contributed by atoms with Crippen molar-refractivity contribution in [1.29, 1.82) is 0 Å². The molecule has 2 aliphatic heterocycles. The van der Waals surface area contributed by atoms with Crippen LogP contribution in [0, 0.1) is 0 Å². The van der Waals surface area contributed by atoms with Crippen molar-refractivity contribution in [2.45, 2.75) is 26.2 Å². The van der Waals surface area contributed by atoms with Gasteiger partial charge in [-0.15, -0.1) is 0 Å². The number of rotatable bonds is 4. The van der Waals surface area contributed by atoms with Crippen LogP contribution in [0.5, 0.6) is 0 Å². The monoisotopic (exact) mass is 489 g/mol. The summed E-state index contributed by atoms with van der Waals surface area (Å²) in [5.41, 5.74) is 5.00. The molecule has 182 valence electrons. The smallest absolute Gasteiger partial charge is 0.381 e. The highest BCUT2D eigenvalue weighted by Crippen LogP contribution is 2.42. The van der Waals surface area contributed by atoms with E-state index < -0.39 is 11.7 Å². The second-order valence-corrected chi connectivity index (χ2v) is 8.83. The van der Waals surface area contributed by atoms with Gasteiger partial charge in [-0.25, -0.2) is 15.0 Å². The van der Waals surface area contributed by atoms with Crippen LogP contribution in [0.15, 0.2) is 60.6 Å². The van der Waals surface area contributed by atoms with Crippen LogP contribution in [-0.2, 0) is 19.3 Å². The summed E-state index contributed by atoms with van der Waals surface area (Å²) >= 11 is 0. The number of nitrogens with zero attached hydrogens (tertiary/aromatic N) is 3. The van der Waals surface area contributed by atoms with Gasteiger partial charge < -0.3 is 20.9 Å². The van der Waals surface area contributed by atoms with Gasteiger partial charge in [0.1, 0.15) is 5.82 Å². The number of imidazole rings is 1. The average molecular weight is 490 g/mol. The van der Waals surface area contributed by atoms with Crippen molar-refractivity contribution >= 4 is 17.2 Å². The first-order valence-corrected chi connectivity index (χ1v) is 11.5. The zero-order valence-electron chi connectivity index (χ0n) is 19.3. The van der Waals surface area contributed by atoms with E-state index in [-0.39, 0.29) is 23.5 Å². The predicted octanol–water partition coefficient (Wildman–Crippen LogP) is 5.42. The summed E-state index contributed by atoms with van der Waals surface area (Å²) in [6, 6.07) is 12.8. The first kappa shape index (κ1) is 22.3. The van der Waals surface area contributed by atoms with Crippen LogP contribution in [0.1, 0.15) is 29.2 Å². The molecule has 0 atom stereocenters. The molecule has 0 saturated carbocycles. The normalized spacial score (nSPS) is 14.9. The number of nitrogens with one attached hydrogen (secondary N) is 4. The number of alkyl halides is 3. The molecule has 0 spiro atoms. The topological polar surface area (TPSA) is 90.5 Å². The second kappa shape index (κ2) is 8.49. The van der Waals surface area contributed by atoms with E-state index in [1.54, 1.807) is 18.3 Å². The van der Waals surface area contributed by atoms with Crippen LogP contribution in [0.4, 0.5) is 24.7 Å². The second-order valence-electron chi connectivity index (χ2n) is 8.83. The van der Waals surface area contributed by atoms with Crippen molar-refractivity contribution in [2.24, 2.45) is 0 Å². The zero-order valence-corrected chi connectivity index (χ0v) is 19.3. The van der Waals surface area contributed by atoms with Crippen molar-refractivity contribution in [3.8, 4) is 22.8 Å². The summed E-state index contributed by atoms with van der Waals surface area (Å²) in [6.45, 7) is 3.19. The average Bonchev–Trinajstić information content (AvgIpc) is 3.57. The number of hydrogen-bond donors (Lipinski definition) is 4. The van der Waals surface area contributed by atoms with E-state index in [1.807, 2.05) is 31.2 Å². The molecule has 36 heavy (non-hydrogen) atoms. The minimum Gasteiger partial charge on any atom is -0.381 e. The molecule has 0 bridgehead atoms. The third kappa shape index (κ3) is 3.89. The van der Waals surface area contributed by atoms with Gasteiger partial charge in [0, 0.05) is 48.2 Å². The molecule has 0 fully saturated rings. The van der Waals surface area contributed by atoms with Gasteiger partial charge in [-0.05, 0) is 29.7 Å². The van der Waals surface area contributed by atoms with E-state index in [1.165, 1.54) is 12.4 Å². The highest BCUT2D eigenvalue weighted by atomic mass is 19.4. The molecular formula is C26H22F3N7. The molecular weight excluding hydrogens is 467 g/mol. The van der Waals surface area contributed by atoms with Crippen molar-refractivity contribution in [1.82, 2.24) is 25.3 Å². The van der Waals surface area contributed by atoms with E-state index in [2.05, 4.69) is 35.9 Å². The molecule has 0 amide bonds. The molecule has 4 N–H and O–H groups in total. The van der Waals surface area contributed by atoms with Gasteiger partial charge in [0.2, 0.25) is 0 Å². The van der Waals surface area contributed by atoms with Crippen molar-refractivity contribution in [3.63, 3.8) is 0 Å². The van der Waals surface area contributed by atoms with E-state index >= 15 is 0 Å². The molecule has 0 unspecified atom stereocenters. The van der Waals surface area contributed by atoms with Gasteiger partial charge in [0.15, 0.2) is 5.82 Å². The lowest BCUT2D eigenvalue weighted by atomic mass is 9.96. The van der Waals surface area contributed by atoms with Gasteiger partial charge in [-0.2, -0.15) is 13.2 Å². The van der Waals surface area contributed by atoms with Crippen LogP contribution < -0.4 is 16.0 Å². The molecule has 0 radical (unpaired) electrons. The molecule has 0 aliphatic carbocycles. The van der Waals surface area contributed by atoms with Crippen molar-refractivity contribution in [2.75, 3.05) is 17.2 Å². The Morgan fingerprint density at radius 3 is 2.64 bits per heavy atom. The number of H-pyrrole nitrogens is 1. The van der Waals surface area contributed by atoms with E-state index in [4.69, 9.17) is 0 Å². The molecule has 6 rings (SSSR count). The molecule has 4 heterocycles. The Bertz CT molecular complexity index is 1490. The maximum absolute atomic E-state index is 14.3. The van der Waals surface area contributed by atoms with Gasteiger partial charge in [-0.3, -0.25) is 0 Å². The highest BCUT2D eigenvalue weighted by molar-refractivity contribution is 5.87. The van der Waals surface area contributed by atoms with Crippen molar-refractivity contribution in [3.05, 3.63) is 82.8 Å². The quantitative estimate of drug-likeness (QED) is 0.306. The first-order chi connectivity index (χ1) is 17.4. The Labute approximate surface area is 204 Å². The van der Waals surface area contributed by atoms with Crippen molar-refractivity contribution < 1.29 is 13.2 Å². The number of aromatic nitrogens is 4. The summed E-state index contributed by atoms with van der Waals surface area (Å²) in [5.74, 6) is 0.384. The zero-order chi connectivity index (χ0) is 24.9. The largest absolute Gasteiger partial charge is 0.417 e. The maximum atomic E-state index is 14.3. The fourth-order valence-electron chi connectivity index (χ4n) is 4.76. The number of aromatic amines is 1. The predicted molar refractivity (Wildman–Crippen MR) is 132 cm³/mol. The van der Waals surface area contributed by atoms with E-state index in [0.29, 0.717) is 35.9 Å². The Morgan fingerprint density at radius 2 is 1.83 bits per heavy atom. The molecule has 10 heteroatoms. The highest BCUT2D eigenvalue weighted by Gasteiger charge is 2.39. The Kier molecular flexibility index (Phi) is 5.26. The van der Waals surface area contributed by atoms with Gasteiger partial charge in [-0.1, -0.05) is 30.3 Å². The number of fused-ring (bicyclic) bond motifs is 2. The molecule has 0 saturated heterocycles. The maximum Gasteiger partial charge on any atom is 0.417 e. The molecule has 2 aromatic carbocycles. The van der Waals surface area contributed by atoms with E-state index in [9.17, 15) is 13.2 Å². The number of hydrogen-bond acceptors (Lipinski definition) is 6. The molecule has 2 aromatic heterocycles. The minimum atomic E-state index is -4.55. The molecule has 4 aromatic rings. The number of benzene rings is 2. The van der Waals surface area contributed by atoms with Crippen LogP contribution >= 0.6 is 0 Å². The van der Waals surface area contributed by atoms with E-state index in [0.717, 1.165) is 22.5 Å². The summed E-state index contributed by atoms with van der Waals surface area (Å²) in [6.07, 6.45) is -1.47. The van der Waals surface area contributed by atoms with Crippen LogP contribution in [0.3, 0.4) is 0 Å². The summed E-state index contributed by atoms with van der Waals surface area (Å²) in [7, 11) is 0. The number of para-hydroxylation sites is 1. The van der Waals surface area contributed by atoms with Crippen LogP contribution in [0.2, 0.25) is 0 Å². The standard InChI is InChI=1S/C26H22F3N7/c1-14-9-32-19-5-3-2-4-16(19)24(14)35-22-8-20(21-12-31-13-33-21)34-25(36-22)17-7-6-15-10-30-11-18(15)23(17)26(27,28)29/h2-8,12-13,30,32H,9-11H2,1H3,(H,31,33)(H,34,35,36). The first-order valence-electron chi connectivity index (χ1n) is 11.5. The summed E-state index contributed by atoms with van der Waals surface area (Å²) in [5, 5.41) is 9.76. The Morgan fingerprint density at radius 1 is 0.972 bits per heavy atom. The lowest BCUT2D eigenvalue weighted by molar-refractivity contribution is -0.137. The molecule has 7 nitrogen and oxygen atoms in total. The summed E-state index contributed by atoms with van der Waals surface area (Å²) in [4.78, 5) is 16.2. The van der Waals surface area contributed by atoms with Gasteiger partial charge in [0.05, 0.1) is 29.5 Å². The Balaban J connectivity index is 1.52. The SMILES string of the molecule is CC1=C(Nc2cc(-c3cnc[nH]3)nc(-c3ccc4c(c3C(F)(F)F)CNC4)n2)c2ccccc2NC1. The Hall–Kier alpha value is -4.18.